The van der Waals surface area contributed by atoms with Gasteiger partial charge in [-0.1, -0.05) is 45.0 Å². The fourth-order valence-corrected chi connectivity index (χ4v) is 4.66. The van der Waals surface area contributed by atoms with Crippen LogP contribution in [-0.4, -0.2) is 15.5 Å². The zero-order chi connectivity index (χ0) is 18.8. The van der Waals surface area contributed by atoms with Crippen LogP contribution in [0.25, 0.3) is 0 Å². The molecule has 2 aromatic carbocycles. The number of methoxy groups -OCH3 is 1. The van der Waals surface area contributed by atoms with Gasteiger partial charge >= 0.3 is 0 Å². The average Bonchev–Trinajstić information content (AvgIpc) is 2.53. The van der Waals surface area contributed by atoms with E-state index in [1.807, 2.05) is 19.1 Å². The van der Waals surface area contributed by atoms with Crippen molar-refractivity contribution in [1.82, 2.24) is 4.72 Å². The number of hydrogen-bond acceptors (Lipinski definition) is 3. The van der Waals surface area contributed by atoms with E-state index < -0.39 is 10.0 Å². The van der Waals surface area contributed by atoms with Crippen molar-refractivity contribution in [2.45, 2.75) is 44.0 Å². The lowest BCUT2D eigenvalue weighted by atomic mass is 9.86. The van der Waals surface area contributed by atoms with Crippen molar-refractivity contribution in [3.05, 3.63) is 57.2 Å². The highest BCUT2D eigenvalue weighted by atomic mass is 127. The third-order valence-electron chi connectivity index (χ3n) is 4.04. The molecule has 6 heteroatoms. The second kappa shape index (κ2) is 7.63. The van der Waals surface area contributed by atoms with Gasteiger partial charge in [0.05, 0.1) is 15.6 Å². The van der Waals surface area contributed by atoms with E-state index in [-0.39, 0.29) is 16.4 Å². The van der Waals surface area contributed by atoms with E-state index in [1.54, 1.807) is 25.3 Å². The molecule has 0 amide bonds. The molecule has 0 bridgehead atoms. The Balaban J connectivity index is 2.21. The molecule has 0 saturated carbocycles. The third-order valence-corrected chi connectivity index (χ3v) is 6.42. The first-order chi connectivity index (χ1) is 11.5. The SMILES string of the molecule is COc1ccc(S(=O)(=O)N[C@@H](C)c2ccc(C(C)(C)C)cc2)cc1I. The second-order valence-corrected chi connectivity index (χ2v) is 9.89. The summed E-state index contributed by atoms with van der Waals surface area (Å²) in [4.78, 5) is 0.232. The molecule has 0 aromatic heterocycles. The Bertz CT molecular complexity index is 840. The molecular formula is C19H24INO3S. The molecule has 0 unspecified atom stereocenters. The van der Waals surface area contributed by atoms with Gasteiger partial charge in [0, 0.05) is 6.04 Å². The minimum atomic E-state index is -3.60. The van der Waals surface area contributed by atoms with Gasteiger partial charge in [0.2, 0.25) is 10.0 Å². The second-order valence-electron chi connectivity index (χ2n) is 7.01. The van der Waals surface area contributed by atoms with Gasteiger partial charge in [-0.25, -0.2) is 13.1 Å². The van der Waals surface area contributed by atoms with Crippen molar-refractivity contribution in [1.29, 1.82) is 0 Å². The van der Waals surface area contributed by atoms with Crippen LogP contribution >= 0.6 is 22.6 Å². The van der Waals surface area contributed by atoms with Crippen molar-refractivity contribution in [3.63, 3.8) is 0 Å². The van der Waals surface area contributed by atoms with E-state index in [2.05, 4.69) is 60.2 Å². The lowest BCUT2D eigenvalue weighted by molar-refractivity contribution is 0.411. The van der Waals surface area contributed by atoms with Crippen molar-refractivity contribution in [2.75, 3.05) is 7.11 Å². The van der Waals surface area contributed by atoms with Crippen LogP contribution in [-0.2, 0) is 15.4 Å². The van der Waals surface area contributed by atoms with Gasteiger partial charge in [0.1, 0.15) is 5.75 Å². The highest BCUT2D eigenvalue weighted by Crippen LogP contribution is 2.26. The highest BCUT2D eigenvalue weighted by Gasteiger charge is 2.20. The molecule has 2 aromatic rings. The van der Waals surface area contributed by atoms with Crippen LogP contribution in [0.5, 0.6) is 5.75 Å². The van der Waals surface area contributed by atoms with E-state index in [9.17, 15) is 8.42 Å². The summed E-state index contributed by atoms with van der Waals surface area (Å²) in [6, 6.07) is 12.6. The van der Waals surface area contributed by atoms with Gasteiger partial charge in [-0.05, 0) is 64.3 Å². The Hall–Kier alpha value is -1.12. The van der Waals surface area contributed by atoms with Crippen LogP contribution in [0.15, 0.2) is 47.4 Å². The molecule has 0 spiro atoms. The lowest BCUT2D eigenvalue weighted by Gasteiger charge is -2.21. The van der Waals surface area contributed by atoms with Crippen molar-refractivity contribution in [2.24, 2.45) is 0 Å². The van der Waals surface area contributed by atoms with E-state index in [4.69, 9.17) is 4.74 Å². The summed E-state index contributed by atoms with van der Waals surface area (Å²) in [6.45, 7) is 8.30. The first kappa shape index (κ1) is 20.2. The summed E-state index contributed by atoms with van der Waals surface area (Å²) >= 11 is 2.06. The summed E-state index contributed by atoms with van der Waals surface area (Å²) < 4.78 is 34.0. The molecule has 1 atom stereocenters. The van der Waals surface area contributed by atoms with Crippen molar-refractivity contribution in [3.8, 4) is 5.75 Å². The first-order valence-electron chi connectivity index (χ1n) is 8.01. The van der Waals surface area contributed by atoms with Crippen LogP contribution in [0, 0.1) is 3.57 Å². The molecule has 0 fully saturated rings. The Labute approximate surface area is 164 Å². The fourth-order valence-electron chi connectivity index (χ4n) is 2.45. The predicted octanol–water partition coefficient (Wildman–Crippen LogP) is 4.64. The first-order valence-corrected chi connectivity index (χ1v) is 10.6. The van der Waals surface area contributed by atoms with Gasteiger partial charge < -0.3 is 4.74 Å². The summed E-state index contributed by atoms with van der Waals surface area (Å²) in [7, 11) is -2.04. The summed E-state index contributed by atoms with van der Waals surface area (Å²) in [6.07, 6.45) is 0. The van der Waals surface area contributed by atoms with Crippen LogP contribution in [0.3, 0.4) is 0 Å². The molecule has 0 aliphatic rings. The maximum absolute atomic E-state index is 12.6. The standard InChI is InChI=1S/C19H24INO3S/c1-13(14-6-8-15(9-7-14)19(2,3)4)21-25(22,23)16-10-11-18(24-5)17(20)12-16/h6-13,21H,1-5H3/t13-/m0/s1. The van der Waals surface area contributed by atoms with Gasteiger partial charge in [0.15, 0.2) is 0 Å². The van der Waals surface area contributed by atoms with Crippen LogP contribution in [0.1, 0.15) is 44.9 Å². The minimum Gasteiger partial charge on any atom is -0.496 e. The molecule has 0 aliphatic heterocycles. The smallest absolute Gasteiger partial charge is 0.241 e. The Morgan fingerprint density at radius 1 is 1.08 bits per heavy atom. The molecule has 0 heterocycles. The number of halogens is 1. The summed E-state index contributed by atoms with van der Waals surface area (Å²) in [5.74, 6) is 0.658. The van der Waals surface area contributed by atoms with Gasteiger partial charge in [-0.3, -0.25) is 0 Å². The highest BCUT2D eigenvalue weighted by molar-refractivity contribution is 14.1. The zero-order valence-corrected chi connectivity index (χ0v) is 18.1. The van der Waals surface area contributed by atoms with E-state index >= 15 is 0 Å². The minimum absolute atomic E-state index is 0.0705. The van der Waals surface area contributed by atoms with Crippen LogP contribution < -0.4 is 9.46 Å². The number of rotatable bonds is 5. The van der Waals surface area contributed by atoms with Crippen molar-refractivity contribution < 1.29 is 13.2 Å². The number of benzene rings is 2. The molecule has 25 heavy (non-hydrogen) atoms. The number of ether oxygens (including phenoxy) is 1. The molecule has 0 radical (unpaired) electrons. The maximum atomic E-state index is 12.6. The summed E-state index contributed by atoms with van der Waals surface area (Å²) in [5.41, 5.74) is 2.22. The van der Waals surface area contributed by atoms with Gasteiger partial charge in [-0.15, -0.1) is 0 Å². The maximum Gasteiger partial charge on any atom is 0.241 e. The molecule has 2 rings (SSSR count). The number of sulfonamides is 1. The molecule has 4 nitrogen and oxygen atoms in total. The summed E-state index contributed by atoms with van der Waals surface area (Å²) in [5, 5.41) is 0. The molecular weight excluding hydrogens is 449 g/mol. The van der Waals surface area contributed by atoms with Gasteiger partial charge in [-0.2, -0.15) is 0 Å². The largest absolute Gasteiger partial charge is 0.496 e. The molecule has 1 N–H and O–H groups in total. The molecule has 136 valence electrons. The molecule has 0 aliphatic carbocycles. The average molecular weight is 473 g/mol. The van der Waals surface area contributed by atoms with Crippen LogP contribution in [0.4, 0.5) is 0 Å². The normalized spacial score (nSPS) is 13.5. The van der Waals surface area contributed by atoms with Gasteiger partial charge in [0.25, 0.3) is 0 Å². The third kappa shape index (κ3) is 4.95. The van der Waals surface area contributed by atoms with E-state index in [1.165, 1.54) is 5.56 Å². The quantitative estimate of drug-likeness (QED) is 0.644. The monoisotopic (exact) mass is 473 g/mol. The Morgan fingerprint density at radius 3 is 2.16 bits per heavy atom. The van der Waals surface area contributed by atoms with E-state index in [0.29, 0.717) is 5.75 Å². The van der Waals surface area contributed by atoms with Crippen LogP contribution in [0.2, 0.25) is 0 Å². The zero-order valence-electron chi connectivity index (χ0n) is 15.1. The topological polar surface area (TPSA) is 55.4 Å². The fraction of sp³-hybridized carbons (Fsp3) is 0.368. The van der Waals surface area contributed by atoms with E-state index in [0.717, 1.165) is 9.13 Å². The lowest BCUT2D eigenvalue weighted by Crippen LogP contribution is -2.27. The van der Waals surface area contributed by atoms with Crippen molar-refractivity contribution >= 4 is 32.6 Å². The Morgan fingerprint density at radius 2 is 1.68 bits per heavy atom. The number of nitrogens with one attached hydrogen (secondary N) is 1. The predicted molar refractivity (Wildman–Crippen MR) is 110 cm³/mol. The Kier molecular flexibility index (Phi) is 6.17. The molecule has 0 saturated heterocycles. The number of hydrogen-bond donors (Lipinski definition) is 1.